The van der Waals surface area contributed by atoms with E-state index in [-0.39, 0.29) is 11.3 Å². The van der Waals surface area contributed by atoms with E-state index in [0.29, 0.717) is 35.5 Å². The largest absolute Gasteiger partial charge is 0.507 e. The van der Waals surface area contributed by atoms with Gasteiger partial charge in [-0.3, -0.25) is 9.36 Å². The smallest absolute Gasteiger partial charge is 0.262 e. The molecule has 0 fully saturated rings. The number of nitrogens with zero attached hydrogens (tertiary/aromatic N) is 1. The molecule has 4 heteroatoms. The monoisotopic (exact) mass is 411 g/mol. The van der Waals surface area contributed by atoms with Gasteiger partial charge in [-0.1, -0.05) is 79.7 Å². The zero-order valence-corrected chi connectivity index (χ0v) is 17.7. The molecule has 4 rings (SSSR count). The molecule has 156 valence electrons. The van der Waals surface area contributed by atoms with Gasteiger partial charge in [0, 0.05) is 12.0 Å². The lowest BCUT2D eigenvalue weighted by Gasteiger charge is -2.22. The van der Waals surface area contributed by atoms with Crippen LogP contribution in [0, 0.1) is 0 Å². The summed E-state index contributed by atoms with van der Waals surface area (Å²) < 4.78 is 7.27. The SMILES string of the molecule is CCc1c(O)c(Cc2ccccc2)c(=O)n(-c2ccccc2OC)c1-c1ccccc1. The van der Waals surface area contributed by atoms with Crippen molar-refractivity contribution in [3.63, 3.8) is 0 Å². The molecule has 0 amide bonds. The van der Waals surface area contributed by atoms with Crippen molar-refractivity contribution >= 4 is 0 Å². The summed E-state index contributed by atoms with van der Waals surface area (Å²) in [6.45, 7) is 1.99. The Bertz CT molecular complexity index is 1240. The first-order valence-corrected chi connectivity index (χ1v) is 10.4. The Balaban J connectivity index is 2.09. The van der Waals surface area contributed by atoms with Gasteiger partial charge in [0.05, 0.1) is 24.1 Å². The minimum Gasteiger partial charge on any atom is -0.507 e. The summed E-state index contributed by atoms with van der Waals surface area (Å²) in [6.07, 6.45) is 0.927. The number of para-hydroxylation sites is 2. The van der Waals surface area contributed by atoms with Gasteiger partial charge in [0.25, 0.3) is 5.56 Å². The molecule has 3 aromatic carbocycles. The second-order valence-corrected chi connectivity index (χ2v) is 7.35. The standard InChI is InChI=1S/C27H25NO3/c1-3-21-25(20-14-8-5-9-15-20)28(23-16-10-11-17-24(23)31-2)27(30)22(26(21)29)18-19-12-6-4-7-13-19/h4-17,29H,3,18H2,1-2H3. The molecule has 0 aliphatic carbocycles. The summed E-state index contributed by atoms with van der Waals surface area (Å²) in [4.78, 5) is 13.9. The number of methoxy groups -OCH3 is 1. The lowest BCUT2D eigenvalue weighted by molar-refractivity contribution is 0.412. The maximum Gasteiger partial charge on any atom is 0.262 e. The molecule has 0 saturated carbocycles. The number of pyridine rings is 1. The van der Waals surface area contributed by atoms with Crippen LogP contribution in [-0.4, -0.2) is 16.8 Å². The van der Waals surface area contributed by atoms with Crippen LogP contribution in [0.1, 0.15) is 23.6 Å². The van der Waals surface area contributed by atoms with E-state index in [0.717, 1.165) is 16.7 Å². The summed E-state index contributed by atoms with van der Waals surface area (Å²) in [7, 11) is 1.60. The van der Waals surface area contributed by atoms with Gasteiger partial charge in [-0.25, -0.2) is 0 Å². The Morgan fingerprint density at radius 2 is 1.45 bits per heavy atom. The van der Waals surface area contributed by atoms with Crippen molar-refractivity contribution < 1.29 is 9.84 Å². The summed E-state index contributed by atoms with van der Waals surface area (Å²) in [5, 5.41) is 11.2. The van der Waals surface area contributed by atoms with Crippen molar-refractivity contribution in [1.82, 2.24) is 4.57 Å². The number of hydrogen-bond acceptors (Lipinski definition) is 3. The highest BCUT2D eigenvalue weighted by molar-refractivity contribution is 5.71. The molecule has 0 aliphatic heterocycles. The van der Waals surface area contributed by atoms with Crippen molar-refractivity contribution in [2.24, 2.45) is 0 Å². The van der Waals surface area contributed by atoms with E-state index in [1.54, 1.807) is 11.7 Å². The van der Waals surface area contributed by atoms with Crippen LogP contribution in [0.5, 0.6) is 11.5 Å². The normalized spacial score (nSPS) is 10.8. The summed E-state index contributed by atoms with van der Waals surface area (Å²) in [5.41, 5.74) is 4.04. The molecule has 0 bridgehead atoms. The van der Waals surface area contributed by atoms with Crippen LogP contribution in [0.4, 0.5) is 0 Å². The first kappa shape index (κ1) is 20.5. The fourth-order valence-corrected chi connectivity index (χ4v) is 4.00. The van der Waals surface area contributed by atoms with Gasteiger partial charge in [-0.15, -0.1) is 0 Å². The van der Waals surface area contributed by atoms with Gasteiger partial charge in [0.15, 0.2) is 0 Å². The van der Waals surface area contributed by atoms with E-state index in [1.165, 1.54) is 0 Å². The Morgan fingerprint density at radius 1 is 0.839 bits per heavy atom. The maximum absolute atomic E-state index is 13.9. The zero-order chi connectivity index (χ0) is 21.8. The van der Waals surface area contributed by atoms with E-state index in [4.69, 9.17) is 4.74 Å². The second-order valence-electron chi connectivity index (χ2n) is 7.35. The van der Waals surface area contributed by atoms with Crippen molar-refractivity contribution in [3.8, 4) is 28.4 Å². The van der Waals surface area contributed by atoms with Crippen LogP contribution in [-0.2, 0) is 12.8 Å². The predicted octanol–water partition coefficient (Wildman–Crippen LogP) is 5.37. The van der Waals surface area contributed by atoms with Crippen molar-refractivity contribution in [2.45, 2.75) is 19.8 Å². The Labute approximate surface area is 182 Å². The zero-order valence-electron chi connectivity index (χ0n) is 17.7. The van der Waals surface area contributed by atoms with Crippen LogP contribution < -0.4 is 10.3 Å². The topological polar surface area (TPSA) is 51.5 Å². The molecular formula is C27H25NO3. The highest BCUT2D eigenvalue weighted by atomic mass is 16.5. The van der Waals surface area contributed by atoms with E-state index in [9.17, 15) is 9.90 Å². The molecule has 0 atom stereocenters. The van der Waals surface area contributed by atoms with Crippen LogP contribution in [0.2, 0.25) is 0 Å². The molecule has 0 unspecified atom stereocenters. The van der Waals surface area contributed by atoms with Gasteiger partial charge < -0.3 is 9.84 Å². The lowest BCUT2D eigenvalue weighted by Crippen LogP contribution is -2.26. The molecule has 0 saturated heterocycles. The molecule has 4 nitrogen and oxygen atoms in total. The average Bonchev–Trinajstić information content (AvgIpc) is 2.82. The third kappa shape index (κ3) is 3.84. The summed E-state index contributed by atoms with van der Waals surface area (Å²) in [6, 6.07) is 26.9. The van der Waals surface area contributed by atoms with Crippen molar-refractivity contribution in [2.75, 3.05) is 7.11 Å². The third-order valence-electron chi connectivity index (χ3n) is 5.49. The number of aromatic nitrogens is 1. The molecular weight excluding hydrogens is 386 g/mol. The lowest BCUT2D eigenvalue weighted by atomic mass is 9.96. The van der Waals surface area contributed by atoms with E-state index in [1.807, 2.05) is 91.9 Å². The number of benzene rings is 3. The van der Waals surface area contributed by atoms with E-state index < -0.39 is 0 Å². The molecule has 0 aliphatic rings. The number of rotatable bonds is 6. The molecule has 0 spiro atoms. The highest BCUT2D eigenvalue weighted by Crippen LogP contribution is 2.36. The summed E-state index contributed by atoms with van der Waals surface area (Å²) in [5.74, 6) is 0.668. The van der Waals surface area contributed by atoms with Crippen LogP contribution in [0.25, 0.3) is 16.9 Å². The summed E-state index contributed by atoms with van der Waals surface area (Å²) >= 11 is 0. The number of ether oxygens (including phenoxy) is 1. The molecule has 1 aromatic heterocycles. The minimum absolute atomic E-state index is 0.0707. The van der Waals surface area contributed by atoms with Gasteiger partial charge in [-0.05, 0) is 29.7 Å². The Hall–Kier alpha value is -3.79. The Morgan fingerprint density at radius 3 is 2.10 bits per heavy atom. The van der Waals surface area contributed by atoms with E-state index in [2.05, 4.69) is 0 Å². The van der Waals surface area contributed by atoms with Crippen molar-refractivity contribution in [1.29, 1.82) is 0 Å². The van der Waals surface area contributed by atoms with Crippen LogP contribution >= 0.6 is 0 Å². The fraction of sp³-hybridized carbons (Fsp3) is 0.148. The molecule has 1 N–H and O–H groups in total. The molecule has 4 aromatic rings. The van der Waals surface area contributed by atoms with Gasteiger partial charge in [-0.2, -0.15) is 0 Å². The quantitative estimate of drug-likeness (QED) is 0.464. The molecule has 0 radical (unpaired) electrons. The first-order chi connectivity index (χ1) is 15.2. The number of aromatic hydroxyl groups is 1. The molecule has 31 heavy (non-hydrogen) atoms. The fourth-order valence-electron chi connectivity index (χ4n) is 4.00. The molecule has 1 heterocycles. The first-order valence-electron chi connectivity index (χ1n) is 10.4. The maximum atomic E-state index is 13.9. The van der Waals surface area contributed by atoms with Gasteiger partial charge in [0.2, 0.25) is 0 Å². The van der Waals surface area contributed by atoms with E-state index >= 15 is 0 Å². The van der Waals surface area contributed by atoms with Crippen molar-refractivity contribution in [3.05, 3.63) is 112 Å². The van der Waals surface area contributed by atoms with Gasteiger partial charge in [0.1, 0.15) is 11.5 Å². The number of hydrogen-bond donors (Lipinski definition) is 1. The highest BCUT2D eigenvalue weighted by Gasteiger charge is 2.24. The van der Waals surface area contributed by atoms with Gasteiger partial charge >= 0.3 is 0 Å². The predicted molar refractivity (Wildman–Crippen MR) is 124 cm³/mol. The second kappa shape index (κ2) is 8.92. The average molecular weight is 412 g/mol. The Kier molecular flexibility index (Phi) is 5.89. The minimum atomic E-state index is -0.248. The third-order valence-corrected chi connectivity index (χ3v) is 5.49. The van der Waals surface area contributed by atoms with Crippen LogP contribution in [0.15, 0.2) is 89.7 Å². The van der Waals surface area contributed by atoms with Crippen LogP contribution in [0.3, 0.4) is 0 Å².